The molecule has 0 aliphatic rings. The molecule has 1 atom stereocenters. The number of anilines is 2. The summed E-state index contributed by atoms with van der Waals surface area (Å²) < 4.78 is 10.6. The third-order valence-electron chi connectivity index (χ3n) is 5.37. The molecule has 188 valence electrons. The number of nitro benzene ring substituents is 1. The molecule has 9 nitrogen and oxygen atoms in total. The van der Waals surface area contributed by atoms with Crippen LogP contribution in [0, 0.1) is 17.0 Å². The molecule has 0 radical (unpaired) electrons. The number of carbonyl (C=O) groups excluding carboxylic acids is 2. The number of aryl methyl sites for hydroxylation is 1. The van der Waals surface area contributed by atoms with Crippen LogP contribution in [0.25, 0.3) is 0 Å². The van der Waals surface area contributed by atoms with Crippen molar-refractivity contribution in [3.63, 3.8) is 0 Å². The number of amides is 2. The topological polar surface area (TPSA) is 120 Å². The lowest BCUT2D eigenvalue weighted by Gasteiger charge is -2.17. The highest BCUT2D eigenvalue weighted by Crippen LogP contribution is 2.32. The molecule has 3 aromatic carbocycles. The van der Waals surface area contributed by atoms with Crippen molar-refractivity contribution >= 4 is 40.6 Å². The monoisotopic (exact) mass is 509 g/mol. The molecule has 2 amide bonds. The Labute approximate surface area is 213 Å². The highest BCUT2D eigenvalue weighted by Gasteiger charge is 2.21. The molecule has 0 spiro atoms. The highest BCUT2D eigenvalue weighted by atomic mass is 32.2. The van der Waals surface area contributed by atoms with Gasteiger partial charge in [0.15, 0.2) is 0 Å². The SMILES string of the molecule is CCC(Sc1cccc(NC(=O)c2c(OC)cccc2OC)c1)C(=O)Nc1ccc([N+](=O)[O-])cc1C. The fourth-order valence-corrected chi connectivity index (χ4v) is 4.53. The van der Waals surface area contributed by atoms with Crippen molar-refractivity contribution in [2.24, 2.45) is 0 Å². The van der Waals surface area contributed by atoms with Crippen LogP contribution in [0.15, 0.2) is 65.6 Å². The predicted octanol–water partition coefficient (Wildman–Crippen LogP) is 5.68. The third-order valence-corrected chi connectivity index (χ3v) is 6.73. The molecule has 10 heteroatoms. The van der Waals surface area contributed by atoms with Gasteiger partial charge in [-0.05, 0) is 55.3 Å². The molecule has 0 heterocycles. The summed E-state index contributed by atoms with van der Waals surface area (Å²) in [5.41, 5.74) is 1.94. The standard InChI is InChI=1S/C26H27N3O6S/c1-5-23(25(30)28-20-13-12-18(29(32)33)14-16(20)2)36-19-9-6-8-17(15-19)27-26(31)24-21(34-3)10-7-11-22(24)35-4/h6-15,23H,5H2,1-4H3,(H,27,31)(H,28,30). The zero-order valence-corrected chi connectivity index (χ0v) is 21.2. The van der Waals surface area contributed by atoms with Gasteiger partial charge in [-0.2, -0.15) is 0 Å². The van der Waals surface area contributed by atoms with E-state index >= 15 is 0 Å². The molecule has 0 aliphatic carbocycles. The zero-order valence-electron chi connectivity index (χ0n) is 20.4. The van der Waals surface area contributed by atoms with E-state index in [9.17, 15) is 19.7 Å². The van der Waals surface area contributed by atoms with Crippen LogP contribution in [0.2, 0.25) is 0 Å². The molecule has 0 saturated heterocycles. The number of carbonyl (C=O) groups is 2. The van der Waals surface area contributed by atoms with E-state index in [2.05, 4.69) is 10.6 Å². The smallest absolute Gasteiger partial charge is 0.269 e. The van der Waals surface area contributed by atoms with Crippen LogP contribution in [-0.4, -0.2) is 36.2 Å². The number of nitrogens with zero attached hydrogens (tertiary/aromatic N) is 1. The van der Waals surface area contributed by atoms with Crippen LogP contribution < -0.4 is 20.1 Å². The fourth-order valence-electron chi connectivity index (χ4n) is 3.52. The van der Waals surface area contributed by atoms with Gasteiger partial charge in [0.1, 0.15) is 17.1 Å². The van der Waals surface area contributed by atoms with Gasteiger partial charge in [0.25, 0.3) is 11.6 Å². The Morgan fingerprint density at radius 3 is 2.25 bits per heavy atom. The average molecular weight is 510 g/mol. The van der Waals surface area contributed by atoms with Crippen LogP contribution in [-0.2, 0) is 4.79 Å². The lowest BCUT2D eigenvalue weighted by molar-refractivity contribution is -0.384. The molecule has 0 fully saturated rings. The molecule has 36 heavy (non-hydrogen) atoms. The number of nitrogens with one attached hydrogen (secondary N) is 2. The maximum absolute atomic E-state index is 13.0. The van der Waals surface area contributed by atoms with E-state index in [4.69, 9.17) is 9.47 Å². The molecule has 0 bridgehead atoms. The van der Waals surface area contributed by atoms with Crippen molar-refractivity contribution in [3.8, 4) is 11.5 Å². The molecule has 2 N–H and O–H groups in total. The summed E-state index contributed by atoms with van der Waals surface area (Å²) >= 11 is 1.36. The minimum Gasteiger partial charge on any atom is -0.496 e. The summed E-state index contributed by atoms with van der Waals surface area (Å²) in [6, 6.07) is 16.6. The first-order valence-electron chi connectivity index (χ1n) is 11.1. The van der Waals surface area contributed by atoms with E-state index in [0.717, 1.165) is 4.90 Å². The summed E-state index contributed by atoms with van der Waals surface area (Å²) in [4.78, 5) is 37.2. The quantitative estimate of drug-likeness (QED) is 0.205. The first-order chi connectivity index (χ1) is 17.3. The number of ether oxygens (including phenoxy) is 2. The fraction of sp³-hybridized carbons (Fsp3) is 0.231. The second-order valence-electron chi connectivity index (χ2n) is 7.78. The molecule has 1 unspecified atom stereocenters. The van der Waals surface area contributed by atoms with Crippen LogP contribution in [0.3, 0.4) is 0 Å². The highest BCUT2D eigenvalue weighted by molar-refractivity contribution is 8.00. The molecule has 3 rings (SSSR count). The van der Waals surface area contributed by atoms with Gasteiger partial charge >= 0.3 is 0 Å². The Morgan fingerprint density at radius 2 is 1.67 bits per heavy atom. The minimum atomic E-state index is -0.473. The van der Waals surface area contributed by atoms with Crippen molar-refractivity contribution in [2.75, 3.05) is 24.9 Å². The largest absolute Gasteiger partial charge is 0.496 e. The maximum Gasteiger partial charge on any atom is 0.269 e. The average Bonchev–Trinajstić information content (AvgIpc) is 2.87. The lowest BCUT2D eigenvalue weighted by Crippen LogP contribution is -2.25. The summed E-state index contributed by atoms with van der Waals surface area (Å²) in [6.07, 6.45) is 0.553. The van der Waals surface area contributed by atoms with Crippen molar-refractivity contribution in [1.29, 1.82) is 0 Å². The van der Waals surface area contributed by atoms with Gasteiger partial charge in [-0.25, -0.2) is 0 Å². The van der Waals surface area contributed by atoms with Gasteiger partial charge in [0, 0.05) is 28.4 Å². The maximum atomic E-state index is 13.0. The predicted molar refractivity (Wildman–Crippen MR) is 140 cm³/mol. The van der Waals surface area contributed by atoms with Crippen molar-refractivity contribution < 1.29 is 24.0 Å². The molecule has 0 aliphatic heterocycles. The molecular formula is C26H27N3O6S. The summed E-state index contributed by atoms with van der Waals surface area (Å²) in [5, 5.41) is 16.3. The Kier molecular flexibility index (Phi) is 8.91. The van der Waals surface area contributed by atoms with E-state index in [0.29, 0.717) is 34.9 Å². The van der Waals surface area contributed by atoms with Gasteiger partial charge in [0.05, 0.1) is 24.4 Å². The number of hydrogen-bond donors (Lipinski definition) is 2. The number of hydrogen-bond acceptors (Lipinski definition) is 7. The second-order valence-corrected chi connectivity index (χ2v) is 9.06. The summed E-state index contributed by atoms with van der Waals surface area (Å²) in [6.45, 7) is 3.61. The van der Waals surface area contributed by atoms with Gasteiger partial charge in [-0.1, -0.05) is 19.1 Å². The van der Waals surface area contributed by atoms with E-state index in [1.54, 1.807) is 43.3 Å². The normalized spacial score (nSPS) is 11.3. The number of non-ortho nitro benzene ring substituents is 1. The Balaban J connectivity index is 1.73. The molecule has 0 saturated carbocycles. The van der Waals surface area contributed by atoms with Crippen molar-refractivity contribution in [3.05, 3.63) is 81.9 Å². The van der Waals surface area contributed by atoms with Gasteiger partial charge < -0.3 is 20.1 Å². The third kappa shape index (κ3) is 6.33. The van der Waals surface area contributed by atoms with E-state index in [1.807, 2.05) is 13.0 Å². The van der Waals surface area contributed by atoms with Crippen LogP contribution in [0.5, 0.6) is 11.5 Å². The number of nitro groups is 1. The molecule has 3 aromatic rings. The Bertz CT molecular complexity index is 1260. The van der Waals surface area contributed by atoms with Crippen molar-refractivity contribution in [2.45, 2.75) is 30.4 Å². The minimum absolute atomic E-state index is 0.0310. The number of rotatable bonds is 10. The van der Waals surface area contributed by atoms with Crippen LogP contribution in [0.1, 0.15) is 29.3 Å². The number of benzene rings is 3. The first kappa shape index (κ1) is 26.6. The van der Waals surface area contributed by atoms with Crippen molar-refractivity contribution in [1.82, 2.24) is 0 Å². The van der Waals surface area contributed by atoms with E-state index in [-0.39, 0.29) is 23.1 Å². The Morgan fingerprint density at radius 1 is 1.00 bits per heavy atom. The first-order valence-corrected chi connectivity index (χ1v) is 12.0. The van der Waals surface area contributed by atoms with Gasteiger partial charge in [-0.3, -0.25) is 19.7 Å². The molecular weight excluding hydrogens is 482 g/mol. The summed E-state index contributed by atoms with van der Waals surface area (Å²) in [5.74, 6) is 0.181. The van der Waals surface area contributed by atoms with Crippen LogP contribution in [0.4, 0.5) is 17.1 Å². The number of methoxy groups -OCH3 is 2. The second kappa shape index (κ2) is 12.1. The molecule has 0 aromatic heterocycles. The van der Waals surface area contributed by atoms with Crippen LogP contribution >= 0.6 is 11.8 Å². The van der Waals surface area contributed by atoms with Gasteiger partial charge in [0.2, 0.25) is 5.91 Å². The summed E-state index contributed by atoms with van der Waals surface area (Å²) in [7, 11) is 2.97. The Hall–Kier alpha value is -4.05. The van der Waals surface area contributed by atoms with E-state index < -0.39 is 10.2 Å². The number of thioether (sulfide) groups is 1. The lowest BCUT2D eigenvalue weighted by atomic mass is 10.1. The zero-order chi connectivity index (χ0) is 26.2. The van der Waals surface area contributed by atoms with Gasteiger partial charge in [-0.15, -0.1) is 11.8 Å². The van der Waals surface area contributed by atoms with E-state index in [1.165, 1.54) is 44.2 Å².